The van der Waals surface area contributed by atoms with Gasteiger partial charge in [-0.3, -0.25) is 9.20 Å². The lowest BCUT2D eigenvalue weighted by molar-refractivity contribution is -0.0841. The first-order valence-corrected chi connectivity index (χ1v) is 12.1. The Kier molecular flexibility index (Phi) is 7.72. The van der Waals surface area contributed by atoms with Gasteiger partial charge in [-0.1, -0.05) is 35.3 Å². The summed E-state index contributed by atoms with van der Waals surface area (Å²) in [5.41, 5.74) is -0.101. The Bertz CT molecular complexity index is 1670. The minimum Gasteiger partial charge on any atom is -0.476 e. The Labute approximate surface area is 230 Å². The maximum Gasteiger partial charge on any atom is 0.356 e. The second-order valence-electron chi connectivity index (χ2n) is 8.63. The third-order valence-electron chi connectivity index (χ3n) is 5.68. The molecule has 0 radical (unpaired) electrons. The summed E-state index contributed by atoms with van der Waals surface area (Å²) in [4.78, 5) is 32.8. The zero-order valence-corrected chi connectivity index (χ0v) is 21.8. The number of benzene rings is 1. The van der Waals surface area contributed by atoms with E-state index in [0.29, 0.717) is 12.5 Å². The van der Waals surface area contributed by atoms with Gasteiger partial charge >= 0.3 is 5.97 Å². The number of nitrogens with one attached hydrogen (secondary N) is 1. The normalized spacial score (nSPS) is 12.9. The number of aromatic carboxylic acids is 1. The fourth-order valence-electron chi connectivity index (χ4n) is 3.89. The predicted octanol–water partition coefficient (Wildman–Crippen LogP) is 5.91. The average molecular weight is 574 g/mol. The lowest BCUT2D eigenvalue weighted by atomic mass is 10.0. The minimum atomic E-state index is -3.38. The summed E-state index contributed by atoms with van der Waals surface area (Å²) in [5, 5.41) is 21.7. The molecule has 39 heavy (non-hydrogen) atoms. The van der Waals surface area contributed by atoms with Crippen molar-refractivity contribution < 1.29 is 23.4 Å². The summed E-state index contributed by atoms with van der Waals surface area (Å²) in [6, 6.07) is 12.0. The number of aromatic nitrogens is 3. The summed E-state index contributed by atoms with van der Waals surface area (Å²) < 4.78 is 35.9. The fourth-order valence-corrected chi connectivity index (χ4v) is 4.26. The average Bonchev–Trinajstić information content (AvgIpc) is 2.87. The first-order chi connectivity index (χ1) is 18.4. The molecule has 1 aromatic carbocycles. The van der Waals surface area contributed by atoms with Crippen LogP contribution in [0.3, 0.4) is 0 Å². The molecule has 0 aliphatic heterocycles. The van der Waals surface area contributed by atoms with Crippen molar-refractivity contribution >= 4 is 40.5 Å². The van der Waals surface area contributed by atoms with Crippen LogP contribution < -0.4 is 15.6 Å². The molecule has 2 N–H and O–H groups in total. The number of hydrogen-bond donors (Lipinski definition) is 2. The molecule has 9 nitrogen and oxygen atoms in total. The van der Waals surface area contributed by atoms with Crippen LogP contribution in [-0.4, -0.2) is 31.4 Å². The molecule has 4 aromatic rings. The van der Waals surface area contributed by atoms with Gasteiger partial charge in [-0.2, -0.15) is 10.2 Å². The topological polar surface area (TPSA) is 130 Å². The largest absolute Gasteiger partial charge is 0.476 e. The number of carboxylic acids is 1. The van der Waals surface area contributed by atoms with Crippen LogP contribution in [0.15, 0.2) is 59.5 Å². The number of nitriles is 1. The van der Waals surface area contributed by atoms with Crippen molar-refractivity contribution in [2.75, 3.05) is 5.32 Å². The van der Waals surface area contributed by atoms with Crippen molar-refractivity contribution in [3.8, 4) is 11.9 Å². The van der Waals surface area contributed by atoms with E-state index in [9.17, 15) is 23.5 Å². The van der Waals surface area contributed by atoms with Gasteiger partial charge in [0.25, 0.3) is 11.5 Å². The number of pyridine rings is 2. The van der Waals surface area contributed by atoms with Crippen molar-refractivity contribution in [1.82, 2.24) is 14.4 Å². The molecular weight excluding hydrogens is 555 g/mol. The number of carboxylic acid groups (broad SMARTS) is 1. The molecule has 3 heterocycles. The summed E-state index contributed by atoms with van der Waals surface area (Å²) in [6.45, 7) is 2.33. The first-order valence-electron chi connectivity index (χ1n) is 11.3. The quantitative estimate of drug-likeness (QED) is 0.249. The van der Waals surface area contributed by atoms with Crippen LogP contribution in [0.4, 0.5) is 14.5 Å². The number of fused-ring (bicyclic) bond motifs is 1. The van der Waals surface area contributed by atoms with Crippen LogP contribution in [0, 0.1) is 11.3 Å². The maximum absolute atomic E-state index is 14.6. The molecule has 13 heteroatoms. The highest BCUT2D eigenvalue weighted by molar-refractivity contribution is 6.30. The highest BCUT2D eigenvalue weighted by Gasteiger charge is 2.38. The minimum absolute atomic E-state index is 0.0154. The monoisotopic (exact) mass is 573 g/mol. The molecule has 2 atom stereocenters. The van der Waals surface area contributed by atoms with Gasteiger partial charge in [0.05, 0.1) is 34.5 Å². The smallest absolute Gasteiger partial charge is 0.356 e. The molecule has 200 valence electrons. The Morgan fingerprint density at radius 3 is 2.49 bits per heavy atom. The molecule has 3 aromatic heterocycles. The van der Waals surface area contributed by atoms with Crippen molar-refractivity contribution in [3.05, 3.63) is 97.6 Å². The molecule has 0 saturated heterocycles. The lowest BCUT2D eigenvalue weighted by Crippen LogP contribution is -2.28. The zero-order valence-electron chi connectivity index (χ0n) is 20.3. The number of rotatable bonds is 8. The van der Waals surface area contributed by atoms with Gasteiger partial charge in [-0.05, 0) is 42.8 Å². The van der Waals surface area contributed by atoms with Crippen LogP contribution in [0.2, 0.25) is 10.2 Å². The maximum atomic E-state index is 14.6. The van der Waals surface area contributed by atoms with Crippen molar-refractivity contribution in [2.45, 2.75) is 31.9 Å². The molecule has 0 saturated carbocycles. The fraction of sp³-hybridized carbons (Fsp3) is 0.192. The van der Waals surface area contributed by atoms with Crippen LogP contribution in [0.25, 0.3) is 5.65 Å². The van der Waals surface area contributed by atoms with E-state index in [-0.39, 0.29) is 44.2 Å². The van der Waals surface area contributed by atoms with Gasteiger partial charge in [-0.25, -0.2) is 18.6 Å². The van der Waals surface area contributed by atoms with Gasteiger partial charge in [0, 0.05) is 18.7 Å². The van der Waals surface area contributed by atoms with E-state index in [4.69, 9.17) is 33.2 Å². The number of carbonyl (C=O) groups is 1. The summed E-state index contributed by atoms with van der Waals surface area (Å²) in [5.74, 6) is -5.07. The highest BCUT2D eigenvalue weighted by atomic mass is 35.5. The third kappa shape index (κ3) is 6.08. The van der Waals surface area contributed by atoms with E-state index in [1.165, 1.54) is 48.7 Å². The van der Waals surface area contributed by atoms with E-state index >= 15 is 0 Å². The molecule has 0 aliphatic rings. The molecule has 0 spiro atoms. The van der Waals surface area contributed by atoms with Gasteiger partial charge in [0.2, 0.25) is 5.88 Å². The summed E-state index contributed by atoms with van der Waals surface area (Å²) in [7, 11) is 0. The number of hydrogen-bond acceptors (Lipinski definition) is 7. The van der Waals surface area contributed by atoms with Crippen LogP contribution in [0.5, 0.6) is 5.88 Å². The Morgan fingerprint density at radius 2 is 1.87 bits per heavy atom. The van der Waals surface area contributed by atoms with E-state index in [2.05, 4.69) is 15.3 Å². The molecule has 0 aliphatic carbocycles. The first kappa shape index (κ1) is 27.8. The zero-order chi connectivity index (χ0) is 28.5. The van der Waals surface area contributed by atoms with Gasteiger partial charge in [-0.15, -0.1) is 0 Å². The van der Waals surface area contributed by atoms with E-state index in [1.807, 2.05) is 6.07 Å². The molecule has 0 amide bonds. The molecular formula is C26H19Cl2F2N5O4. The number of alkyl halides is 2. The van der Waals surface area contributed by atoms with Gasteiger partial charge in [0.15, 0.2) is 11.8 Å². The number of anilines is 1. The van der Waals surface area contributed by atoms with Crippen LogP contribution >= 0.6 is 23.2 Å². The summed E-state index contributed by atoms with van der Waals surface area (Å²) >= 11 is 12.1. The standard InChI is InChI=1S/C26H19Cl2F2N5O4/c1-13(32-18-7-8-19(28)33-22(18)25(37)38)17-9-16(27)12-35-21(36)10-20(34-24(17)35)39-23(26(2,29)30)15-5-3-14(11-31)4-6-15/h3-10,12-13,23,32H,1-2H3,(H,37,38)/t13-,23+/m1/s1. The van der Waals surface area contributed by atoms with E-state index in [0.717, 1.165) is 10.5 Å². The highest BCUT2D eigenvalue weighted by Crippen LogP contribution is 2.35. The second kappa shape index (κ2) is 10.8. The van der Waals surface area contributed by atoms with E-state index < -0.39 is 29.6 Å². The second-order valence-corrected chi connectivity index (χ2v) is 9.45. The van der Waals surface area contributed by atoms with Gasteiger partial charge in [0.1, 0.15) is 10.8 Å². The van der Waals surface area contributed by atoms with E-state index in [1.54, 1.807) is 6.92 Å². The number of halogens is 4. The van der Waals surface area contributed by atoms with Crippen molar-refractivity contribution in [1.29, 1.82) is 5.26 Å². The Balaban J connectivity index is 1.78. The lowest BCUT2D eigenvalue weighted by Gasteiger charge is -2.25. The van der Waals surface area contributed by atoms with Gasteiger partial charge < -0.3 is 15.2 Å². The Morgan fingerprint density at radius 1 is 1.18 bits per heavy atom. The van der Waals surface area contributed by atoms with Crippen LogP contribution in [0.1, 0.15) is 53.2 Å². The molecule has 0 bridgehead atoms. The third-order valence-corrected chi connectivity index (χ3v) is 6.09. The van der Waals surface area contributed by atoms with Crippen molar-refractivity contribution in [3.63, 3.8) is 0 Å². The molecule has 0 unspecified atom stereocenters. The van der Waals surface area contributed by atoms with Crippen LogP contribution in [-0.2, 0) is 0 Å². The Hall–Kier alpha value is -4.27. The number of nitrogens with zero attached hydrogens (tertiary/aromatic N) is 4. The molecule has 4 rings (SSSR count). The number of ether oxygens (including phenoxy) is 1. The predicted molar refractivity (Wildman–Crippen MR) is 140 cm³/mol. The van der Waals surface area contributed by atoms with Crippen molar-refractivity contribution in [2.24, 2.45) is 0 Å². The SMILES string of the molecule is C[C@@H](Nc1ccc(Cl)nc1C(=O)O)c1cc(Cl)cn2c(=O)cc(O[C@@H](c3ccc(C#N)cc3)C(C)(F)F)nc12. The molecule has 0 fully saturated rings. The summed E-state index contributed by atoms with van der Waals surface area (Å²) in [6.07, 6.45) is -0.505.